The molecule has 0 saturated heterocycles. The smallest absolute Gasteiger partial charge is 0.321 e. The zero-order chi connectivity index (χ0) is 14.0. The van der Waals surface area contributed by atoms with Crippen molar-refractivity contribution >= 4 is 17.8 Å². The minimum absolute atomic E-state index is 0.000741. The first-order valence-electron chi connectivity index (χ1n) is 5.58. The minimum atomic E-state index is -0.720. The van der Waals surface area contributed by atoms with E-state index in [1.165, 1.54) is 23.7 Å². The lowest BCUT2D eigenvalue weighted by molar-refractivity contribution is -0.432. The molecule has 19 heavy (non-hydrogen) atoms. The highest BCUT2D eigenvalue weighted by atomic mass is 32.2. The van der Waals surface area contributed by atoms with Crippen LogP contribution >= 0.6 is 11.8 Å². The maximum Gasteiger partial charge on any atom is 0.323 e. The number of thioether (sulfide) groups is 1. The van der Waals surface area contributed by atoms with Crippen LogP contribution in [0, 0.1) is 10.1 Å². The van der Waals surface area contributed by atoms with Gasteiger partial charge in [0, 0.05) is 7.05 Å². The third kappa shape index (κ3) is 2.41. The lowest BCUT2D eigenvalue weighted by atomic mass is 10.0. The summed E-state index contributed by atoms with van der Waals surface area (Å²) in [4.78, 5) is 24.0. The molecule has 0 bridgehead atoms. The Hall–Kier alpha value is -2.02. The molecule has 7 heteroatoms. The molecule has 6 nitrogen and oxygen atoms in total. The Morgan fingerprint density at radius 1 is 1.37 bits per heavy atom. The van der Waals surface area contributed by atoms with Gasteiger partial charge in [0.25, 0.3) is 0 Å². The molecule has 0 aromatic heterocycles. The van der Waals surface area contributed by atoms with Gasteiger partial charge in [-0.05, 0) is 11.8 Å². The fraction of sp³-hybridized carbons (Fsp3) is 0.250. The van der Waals surface area contributed by atoms with Crippen molar-refractivity contribution in [3.8, 4) is 0 Å². The molecule has 1 atom stereocenters. The number of carbonyl (C=O) groups excluding carboxylic acids is 1. The van der Waals surface area contributed by atoms with Gasteiger partial charge in [0.2, 0.25) is 0 Å². The molecule has 1 aliphatic heterocycles. The number of benzene rings is 1. The quantitative estimate of drug-likeness (QED) is 0.679. The van der Waals surface area contributed by atoms with E-state index in [1.54, 1.807) is 30.5 Å². The number of nitrogens with one attached hydrogen (secondary N) is 1. The van der Waals surface area contributed by atoms with E-state index in [9.17, 15) is 14.9 Å². The summed E-state index contributed by atoms with van der Waals surface area (Å²) in [5, 5.41) is 14.3. The summed E-state index contributed by atoms with van der Waals surface area (Å²) in [5.41, 5.74) is 0.697. The van der Waals surface area contributed by atoms with Crippen LogP contribution in [0.15, 0.2) is 41.1 Å². The van der Waals surface area contributed by atoms with Gasteiger partial charge >= 0.3 is 11.7 Å². The maximum absolute atomic E-state index is 11.9. The summed E-state index contributed by atoms with van der Waals surface area (Å²) in [5.74, 6) is 0. The number of hydrogen-bond acceptors (Lipinski definition) is 4. The first kappa shape index (κ1) is 13.4. The number of nitro groups is 1. The van der Waals surface area contributed by atoms with E-state index in [1.807, 2.05) is 6.07 Å². The zero-order valence-corrected chi connectivity index (χ0v) is 11.3. The molecular formula is C12H13N3O3S. The van der Waals surface area contributed by atoms with E-state index in [0.717, 1.165) is 0 Å². The van der Waals surface area contributed by atoms with E-state index in [4.69, 9.17) is 0 Å². The molecular weight excluding hydrogens is 266 g/mol. The first-order chi connectivity index (χ1) is 9.06. The Morgan fingerprint density at radius 2 is 2.00 bits per heavy atom. The molecule has 0 aliphatic carbocycles. The van der Waals surface area contributed by atoms with Crippen molar-refractivity contribution in [2.75, 3.05) is 13.3 Å². The van der Waals surface area contributed by atoms with Crippen LogP contribution in [-0.4, -0.2) is 29.2 Å². The fourth-order valence-electron chi connectivity index (χ4n) is 1.99. The topological polar surface area (TPSA) is 75.5 Å². The van der Waals surface area contributed by atoms with Crippen LogP contribution in [0.2, 0.25) is 0 Å². The summed E-state index contributed by atoms with van der Waals surface area (Å²) >= 11 is 1.20. The van der Waals surface area contributed by atoms with Gasteiger partial charge in [-0.2, -0.15) is 0 Å². The summed E-state index contributed by atoms with van der Waals surface area (Å²) in [6, 6.07) is 7.86. The van der Waals surface area contributed by atoms with Gasteiger partial charge in [-0.1, -0.05) is 30.3 Å². The average Bonchev–Trinajstić information content (AvgIpc) is 2.41. The van der Waals surface area contributed by atoms with E-state index < -0.39 is 11.0 Å². The van der Waals surface area contributed by atoms with Gasteiger partial charge in [-0.15, -0.1) is 11.8 Å². The van der Waals surface area contributed by atoms with Gasteiger partial charge in [-0.3, -0.25) is 15.0 Å². The molecule has 0 fully saturated rings. The largest absolute Gasteiger partial charge is 0.323 e. The number of nitrogens with zero attached hydrogens (tertiary/aromatic N) is 2. The molecule has 2 amide bonds. The summed E-state index contributed by atoms with van der Waals surface area (Å²) in [6.07, 6.45) is 1.72. The molecule has 1 heterocycles. The molecule has 1 aromatic rings. The Balaban J connectivity index is 2.56. The van der Waals surface area contributed by atoms with Gasteiger partial charge in [-0.25, -0.2) is 4.79 Å². The van der Waals surface area contributed by atoms with Crippen LogP contribution in [0.3, 0.4) is 0 Å². The Morgan fingerprint density at radius 3 is 2.53 bits per heavy atom. The van der Waals surface area contributed by atoms with Crippen molar-refractivity contribution in [1.82, 2.24) is 10.2 Å². The standard InChI is InChI=1S/C12H13N3O3S/c1-14-11(19-2)10(15(17)18)9(13-12(14)16)8-6-4-3-5-7-8/h3-7,9H,1-2H3,(H,13,16). The van der Waals surface area contributed by atoms with Gasteiger partial charge in [0.05, 0.1) is 4.92 Å². The number of carbonyl (C=O) groups is 1. The van der Waals surface area contributed by atoms with Gasteiger partial charge < -0.3 is 5.32 Å². The van der Waals surface area contributed by atoms with Crippen molar-refractivity contribution in [2.24, 2.45) is 0 Å². The SMILES string of the molecule is CSC1=C([N+](=O)[O-])C(c2ccccc2)NC(=O)N1C. The molecule has 0 radical (unpaired) electrons. The third-order valence-corrected chi connectivity index (χ3v) is 3.76. The summed E-state index contributed by atoms with van der Waals surface area (Å²) < 4.78 is 0. The lowest BCUT2D eigenvalue weighted by Crippen LogP contribution is -2.45. The van der Waals surface area contributed by atoms with Crippen molar-refractivity contribution in [2.45, 2.75) is 6.04 Å². The van der Waals surface area contributed by atoms with E-state index in [2.05, 4.69) is 5.32 Å². The Labute approximate surface area is 114 Å². The average molecular weight is 279 g/mol. The second-order valence-electron chi connectivity index (χ2n) is 4.00. The number of urea groups is 1. The summed E-state index contributed by atoms with van der Waals surface area (Å²) in [7, 11) is 1.52. The van der Waals surface area contributed by atoms with Crippen molar-refractivity contribution in [3.05, 3.63) is 56.7 Å². The molecule has 100 valence electrons. The maximum atomic E-state index is 11.9. The molecule has 0 spiro atoms. The molecule has 1 aromatic carbocycles. The summed E-state index contributed by atoms with van der Waals surface area (Å²) in [6.45, 7) is 0. The molecule has 1 aliphatic rings. The highest BCUT2D eigenvalue weighted by molar-refractivity contribution is 8.02. The predicted molar refractivity (Wildman–Crippen MR) is 73.0 cm³/mol. The zero-order valence-electron chi connectivity index (χ0n) is 10.5. The molecule has 0 saturated carbocycles. The fourth-order valence-corrected chi connectivity index (χ4v) is 2.75. The van der Waals surface area contributed by atoms with Crippen molar-refractivity contribution < 1.29 is 9.72 Å². The Kier molecular flexibility index (Phi) is 3.75. The van der Waals surface area contributed by atoms with E-state index in [-0.39, 0.29) is 11.7 Å². The van der Waals surface area contributed by atoms with E-state index in [0.29, 0.717) is 10.6 Å². The van der Waals surface area contributed by atoms with Crippen LogP contribution in [0.1, 0.15) is 11.6 Å². The van der Waals surface area contributed by atoms with Crippen LogP contribution < -0.4 is 5.32 Å². The lowest BCUT2D eigenvalue weighted by Gasteiger charge is -2.29. The highest BCUT2D eigenvalue weighted by Gasteiger charge is 2.39. The third-order valence-electron chi connectivity index (χ3n) is 2.89. The first-order valence-corrected chi connectivity index (χ1v) is 6.80. The molecule has 1 N–H and O–H groups in total. The highest BCUT2D eigenvalue weighted by Crippen LogP contribution is 2.34. The number of amides is 2. The monoisotopic (exact) mass is 279 g/mol. The van der Waals surface area contributed by atoms with Crippen LogP contribution in [0.5, 0.6) is 0 Å². The normalized spacial score (nSPS) is 19.4. The number of hydrogen-bond donors (Lipinski definition) is 1. The number of rotatable bonds is 3. The van der Waals surface area contributed by atoms with Crippen LogP contribution in [0.4, 0.5) is 4.79 Å². The second kappa shape index (κ2) is 5.31. The van der Waals surface area contributed by atoms with Crippen LogP contribution in [-0.2, 0) is 0 Å². The van der Waals surface area contributed by atoms with E-state index >= 15 is 0 Å². The van der Waals surface area contributed by atoms with Crippen LogP contribution in [0.25, 0.3) is 0 Å². The van der Waals surface area contributed by atoms with Crippen molar-refractivity contribution in [1.29, 1.82) is 0 Å². The second-order valence-corrected chi connectivity index (χ2v) is 4.80. The molecule has 2 rings (SSSR count). The van der Waals surface area contributed by atoms with Crippen molar-refractivity contribution in [3.63, 3.8) is 0 Å². The van der Waals surface area contributed by atoms with Gasteiger partial charge in [0.1, 0.15) is 6.04 Å². The van der Waals surface area contributed by atoms with Gasteiger partial charge in [0.15, 0.2) is 5.03 Å². The molecule has 1 unspecified atom stereocenters. The minimum Gasteiger partial charge on any atom is -0.321 e. The predicted octanol–water partition coefficient (Wildman–Crippen LogP) is 2.19. The Bertz CT molecular complexity index is 544.